The Hall–Kier alpha value is -0.290. The number of esters is 1. The monoisotopic (exact) mass is 498 g/mol. The molecular formula is C21H39BrO8. The predicted octanol–water partition coefficient (Wildman–Crippen LogP) is 2.68. The second kappa shape index (κ2) is 16.4. The van der Waals surface area contributed by atoms with Crippen LogP contribution >= 0.6 is 15.9 Å². The lowest BCUT2D eigenvalue weighted by Gasteiger charge is -2.33. The van der Waals surface area contributed by atoms with Gasteiger partial charge in [0.25, 0.3) is 0 Å². The van der Waals surface area contributed by atoms with Crippen LogP contribution in [0, 0.1) is 5.92 Å². The molecule has 0 radical (unpaired) electrons. The number of carbonyl (C=O) groups excluding carboxylic acids is 1. The van der Waals surface area contributed by atoms with Gasteiger partial charge in [0.1, 0.15) is 6.61 Å². The van der Waals surface area contributed by atoms with Gasteiger partial charge in [-0.3, -0.25) is 4.79 Å². The highest BCUT2D eigenvalue weighted by atomic mass is 79.9. The second-order valence-electron chi connectivity index (χ2n) is 7.46. The maximum Gasteiger partial charge on any atom is 0.306 e. The Morgan fingerprint density at radius 2 is 1.70 bits per heavy atom. The van der Waals surface area contributed by atoms with Crippen molar-refractivity contribution in [2.75, 3.05) is 60.0 Å². The molecule has 0 amide bonds. The largest absolute Gasteiger partial charge is 0.463 e. The van der Waals surface area contributed by atoms with E-state index in [9.17, 15) is 4.79 Å². The summed E-state index contributed by atoms with van der Waals surface area (Å²) in [6, 6.07) is 0. The van der Waals surface area contributed by atoms with Crippen LogP contribution in [0.4, 0.5) is 0 Å². The summed E-state index contributed by atoms with van der Waals surface area (Å²) < 4.78 is 33.0. The topological polar surface area (TPSA) is 92.7 Å². The summed E-state index contributed by atoms with van der Waals surface area (Å²) in [7, 11) is 1.67. The third kappa shape index (κ3) is 11.4. The van der Waals surface area contributed by atoms with E-state index >= 15 is 0 Å². The molecule has 8 nitrogen and oxygen atoms in total. The average Bonchev–Trinajstić information content (AvgIpc) is 3.14. The number of rotatable bonds is 18. The van der Waals surface area contributed by atoms with Crippen molar-refractivity contribution in [2.45, 2.75) is 62.7 Å². The third-order valence-corrected chi connectivity index (χ3v) is 6.52. The van der Waals surface area contributed by atoms with E-state index in [1.807, 2.05) is 6.92 Å². The minimum atomic E-state index is -0.613. The Labute approximate surface area is 189 Å². The molecule has 1 N–H and O–H groups in total. The number of methoxy groups -OCH3 is 1. The second-order valence-corrected chi connectivity index (χ2v) is 8.63. The van der Waals surface area contributed by atoms with Crippen molar-refractivity contribution in [2.24, 2.45) is 5.92 Å². The molecule has 1 saturated carbocycles. The molecule has 0 aromatic heterocycles. The first-order chi connectivity index (χ1) is 14.5. The van der Waals surface area contributed by atoms with E-state index in [2.05, 4.69) is 22.9 Å². The number of hydrogen-bond donors (Lipinski definition) is 1. The van der Waals surface area contributed by atoms with Crippen molar-refractivity contribution in [1.82, 2.24) is 0 Å². The lowest BCUT2D eigenvalue weighted by Crippen LogP contribution is -2.38. The van der Waals surface area contributed by atoms with Gasteiger partial charge in [-0.2, -0.15) is 0 Å². The van der Waals surface area contributed by atoms with Crippen LogP contribution in [0.5, 0.6) is 0 Å². The molecule has 0 heterocycles. The standard InChI is InChI=1S/C21H39BrO8/c1-4-19(22)17(2)30-21(25-3)6-5-18(16-21)15-20(24)29-14-13-28-12-11-27-10-9-26-8-7-23/h17-19,23H,4-16H2,1-3H3. The summed E-state index contributed by atoms with van der Waals surface area (Å²) >= 11 is 3.64. The molecule has 0 spiro atoms. The van der Waals surface area contributed by atoms with Crippen LogP contribution in [0.1, 0.15) is 46.0 Å². The van der Waals surface area contributed by atoms with Crippen LogP contribution in [-0.4, -0.2) is 87.8 Å². The van der Waals surface area contributed by atoms with Gasteiger partial charge >= 0.3 is 5.97 Å². The van der Waals surface area contributed by atoms with Crippen molar-refractivity contribution in [3.05, 3.63) is 0 Å². The molecule has 0 saturated heterocycles. The maximum absolute atomic E-state index is 12.1. The Morgan fingerprint density at radius 3 is 2.27 bits per heavy atom. The molecule has 4 atom stereocenters. The molecule has 0 aliphatic heterocycles. The lowest BCUT2D eigenvalue weighted by molar-refractivity contribution is -0.239. The van der Waals surface area contributed by atoms with Gasteiger partial charge in [0.15, 0.2) is 5.79 Å². The first kappa shape index (κ1) is 27.7. The van der Waals surface area contributed by atoms with Gasteiger partial charge in [0.2, 0.25) is 0 Å². The van der Waals surface area contributed by atoms with Crippen molar-refractivity contribution in [3.63, 3.8) is 0 Å². The van der Waals surface area contributed by atoms with Crippen molar-refractivity contribution < 1.29 is 38.3 Å². The van der Waals surface area contributed by atoms with Gasteiger partial charge < -0.3 is 33.5 Å². The quantitative estimate of drug-likeness (QED) is 0.133. The first-order valence-electron chi connectivity index (χ1n) is 10.8. The molecule has 30 heavy (non-hydrogen) atoms. The van der Waals surface area contributed by atoms with E-state index in [0.29, 0.717) is 52.5 Å². The summed E-state index contributed by atoms with van der Waals surface area (Å²) in [4.78, 5) is 12.4. The maximum atomic E-state index is 12.1. The minimum Gasteiger partial charge on any atom is -0.463 e. The number of hydrogen-bond acceptors (Lipinski definition) is 8. The van der Waals surface area contributed by atoms with Crippen molar-refractivity contribution in [1.29, 1.82) is 0 Å². The molecule has 4 unspecified atom stereocenters. The smallest absolute Gasteiger partial charge is 0.306 e. The number of ether oxygens (including phenoxy) is 6. The zero-order valence-electron chi connectivity index (χ0n) is 18.6. The number of aliphatic hydroxyl groups excluding tert-OH is 1. The first-order valence-corrected chi connectivity index (χ1v) is 11.7. The number of carbonyl (C=O) groups is 1. The highest BCUT2D eigenvalue weighted by molar-refractivity contribution is 9.09. The van der Waals surface area contributed by atoms with Crippen molar-refractivity contribution >= 4 is 21.9 Å². The molecule has 0 bridgehead atoms. The zero-order valence-corrected chi connectivity index (χ0v) is 20.2. The average molecular weight is 499 g/mol. The summed E-state index contributed by atoms with van der Waals surface area (Å²) in [6.07, 6.45) is 3.74. The summed E-state index contributed by atoms with van der Waals surface area (Å²) in [5.41, 5.74) is 0. The van der Waals surface area contributed by atoms with Gasteiger partial charge in [0.05, 0.1) is 52.4 Å². The zero-order chi connectivity index (χ0) is 22.2. The van der Waals surface area contributed by atoms with E-state index in [1.54, 1.807) is 7.11 Å². The van der Waals surface area contributed by atoms with E-state index in [0.717, 1.165) is 19.3 Å². The van der Waals surface area contributed by atoms with Gasteiger partial charge in [-0.05, 0) is 25.7 Å². The molecule has 9 heteroatoms. The molecular weight excluding hydrogens is 460 g/mol. The number of alkyl halides is 1. The van der Waals surface area contributed by atoms with Gasteiger partial charge in [-0.25, -0.2) is 0 Å². The Bertz CT molecular complexity index is 453. The number of halogens is 1. The lowest BCUT2D eigenvalue weighted by atomic mass is 10.0. The van der Waals surface area contributed by atoms with E-state index in [-0.39, 0.29) is 36.0 Å². The molecule has 1 aliphatic rings. The van der Waals surface area contributed by atoms with Crippen LogP contribution in [0.25, 0.3) is 0 Å². The third-order valence-electron chi connectivity index (χ3n) is 5.13. The van der Waals surface area contributed by atoms with Crippen LogP contribution in [-0.2, 0) is 33.2 Å². The minimum absolute atomic E-state index is 0.0132. The Morgan fingerprint density at radius 1 is 1.10 bits per heavy atom. The van der Waals surface area contributed by atoms with Crippen LogP contribution in [0.3, 0.4) is 0 Å². The molecule has 0 aromatic carbocycles. The fourth-order valence-electron chi connectivity index (χ4n) is 3.44. The predicted molar refractivity (Wildman–Crippen MR) is 116 cm³/mol. The normalized spacial score (nSPS) is 23.4. The van der Waals surface area contributed by atoms with E-state index < -0.39 is 5.79 Å². The molecule has 178 valence electrons. The summed E-state index contributed by atoms with van der Waals surface area (Å²) in [5.74, 6) is -0.632. The van der Waals surface area contributed by atoms with Crippen LogP contribution in [0.15, 0.2) is 0 Å². The fraction of sp³-hybridized carbons (Fsp3) is 0.952. The Kier molecular flexibility index (Phi) is 15.1. The SMILES string of the molecule is CCC(Br)C(C)OC1(OC)CCC(CC(=O)OCCOCCOCCOCCO)C1. The molecule has 1 aliphatic carbocycles. The molecule has 1 fully saturated rings. The Balaban J connectivity index is 2.11. The van der Waals surface area contributed by atoms with Gasteiger partial charge in [-0.1, -0.05) is 22.9 Å². The van der Waals surface area contributed by atoms with E-state index in [1.165, 1.54) is 0 Å². The highest BCUT2D eigenvalue weighted by Gasteiger charge is 2.43. The van der Waals surface area contributed by atoms with Crippen LogP contribution in [0.2, 0.25) is 0 Å². The van der Waals surface area contributed by atoms with Crippen LogP contribution < -0.4 is 0 Å². The fourth-order valence-corrected chi connectivity index (χ4v) is 3.55. The van der Waals surface area contributed by atoms with E-state index in [4.69, 9.17) is 33.5 Å². The summed E-state index contributed by atoms with van der Waals surface area (Å²) in [5, 5.41) is 8.57. The van der Waals surface area contributed by atoms with Crippen molar-refractivity contribution in [3.8, 4) is 0 Å². The summed E-state index contributed by atoms with van der Waals surface area (Å²) in [6.45, 7) is 6.84. The molecule has 1 rings (SSSR count). The van der Waals surface area contributed by atoms with Gasteiger partial charge in [-0.15, -0.1) is 0 Å². The number of aliphatic hydroxyl groups is 1. The highest BCUT2D eigenvalue weighted by Crippen LogP contribution is 2.41. The molecule has 0 aromatic rings. The van der Waals surface area contributed by atoms with Gasteiger partial charge in [0, 0.05) is 31.2 Å².